The van der Waals surface area contributed by atoms with Gasteiger partial charge in [-0.3, -0.25) is 9.59 Å². The van der Waals surface area contributed by atoms with E-state index in [1.54, 1.807) is 0 Å². The van der Waals surface area contributed by atoms with Crippen LogP contribution in [0.25, 0.3) is 0 Å². The fraction of sp³-hybridized carbons (Fsp3) is 0.796. The van der Waals surface area contributed by atoms with Crippen LogP contribution in [0.5, 0.6) is 0 Å². The smallest absolute Gasteiger partial charge is 0.306 e. The molecule has 63 heavy (non-hydrogen) atoms. The number of rotatable bonds is 47. The lowest BCUT2D eigenvalue weighted by atomic mass is 10.0. The van der Waals surface area contributed by atoms with E-state index in [0.29, 0.717) is 23.9 Å². The number of likely N-dealkylation sites (N-methyl/N-ethyl adjacent to an activating group) is 1. The number of hydrogen-bond donors (Lipinski definition) is 0. The molecule has 2 unspecified atom stereocenters. The molecule has 0 aliphatic heterocycles. The van der Waals surface area contributed by atoms with Crippen LogP contribution in [0.4, 0.5) is 0 Å². The van der Waals surface area contributed by atoms with Crippen molar-refractivity contribution in [3.8, 4) is 0 Å². The van der Waals surface area contributed by atoms with Crippen molar-refractivity contribution >= 4 is 17.9 Å². The molecule has 9 nitrogen and oxygen atoms in total. The summed E-state index contributed by atoms with van der Waals surface area (Å²) in [7, 11) is 5.91. The van der Waals surface area contributed by atoms with E-state index in [4.69, 9.17) is 18.9 Å². The summed E-state index contributed by atoms with van der Waals surface area (Å²) in [6.07, 6.45) is 51.4. The Morgan fingerprint density at radius 3 is 1.35 bits per heavy atom. The summed E-state index contributed by atoms with van der Waals surface area (Å²) in [6, 6.07) is 0. The van der Waals surface area contributed by atoms with Gasteiger partial charge in [0.1, 0.15) is 13.2 Å². The Kier molecular flexibility index (Phi) is 43.8. The summed E-state index contributed by atoms with van der Waals surface area (Å²) in [5.41, 5.74) is 0. The molecule has 0 aromatic rings. The highest BCUT2D eigenvalue weighted by atomic mass is 16.7. The van der Waals surface area contributed by atoms with Gasteiger partial charge in [0.25, 0.3) is 0 Å². The Morgan fingerprint density at radius 1 is 0.492 bits per heavy atom. The number of ether oxygens (including phenoxy) is 4. The number of allylic oxidation sites excluding steroid dienone is 8. The maximum absolute atomic E-state index is 12.8. The molecule has 0 saturated carbocycles. The van der Waals surface area contributed by atoms with E-state index in [9.17, 15) is 19.5 Å². The number of nitrogens with zero attached hydrogens (tertiary/aromatic N) is 1. The predicted octanol–water partition coefficient (Wildman–Crippen LogP) is 13.0. The Labute approximate surface area is 387 Å². The van der Waals surface area contributed by atoms with Crippen molar-refractivity contribution in [2.75, 3.05) is 47.5 Å². The maximum atomic E-state index is 12.8. The summed E-state index contributed by atoms with van der Waals surface area (Å²) in [4.78, 5) is 37.2. The highest BCUT2D eigenvalue weighted by Gasteiger charge is 2.22. The van der Waals surface area contributed by atoms with Gasteiger partial charge in [0, 0.05) is 12.8 Å². The van der Waals surface area contributed by atoms with E-state index in [2.05, 4.69) is 62.5 Å². The molecule has 0 aliphatic carbocycles. The Morgan fingerprint density at radius 2 is 0.905 bits per heavy atom. The molecule has 366 valence electrons. The Balaban J connectivity index is 4.35. The van der Waals surface area contributed by atoms with Crippen LogP contribution < -0.4 is 5.11 Å². The average Bonchev–Trinajstić information content (AvgIpc) is 3.24. The van der Waals surface area contributed by atoms with Gasteiger partial charge in [-0.15, -0.1) is 0 Å². The van der Waals surface area contributed by atoms with Crippen molar-refractivity contribution in [2.45, 2.75) is 232 Å². The zero-order valence-electron chi connectivity index (χ0n) is 41.4. The number of unbranched alkanes of at least 4 members (excludes halogenated alkanes) is 24. The van der Waals surface area contributed by atoms with E-state index < -0.39 is 24.3 Å². The van der Waals surface area contributed by atoms with Gasteiger partial charge in [0.15, 0.2) is 12.4 Å². The zero-order valence-corrected chi connectivity index (χ0v) is 41.4. The quantitative estimate of drug-likeness (QED) is 0.0195. The minimum absolute atomic E-state index is 0.144. The summed E-state index contributed by atoms with van der Waals surface area (Å²) >= 11 is 0. The van der Waals surface area contributed by atoms with Crippen LogP contribution in [0.2, 0.25) is 0 Å². The molecule has 0 saturated heterocycles. The molecule has 0 radical (unpaired) electrons. The second kappa shape index (κ2) is 45.8. The summed E-state index contributed by atoms with van der Waals surface area (Å²) in [5.74, 6) is -2.30. The molecule has 9 heteroatoms. The molecule has 0 fully saturated rings. The summed E-state index contributed by atoms with van der Waals surface area (Å²) in [5, 5.41) is 11.7. The fourth-order valence-corrected chi connectivity index (χ4v) is 7.12. The lowest BCUT2D eigenvalue weighted by Crippen LogP contribution is -2.44. The molecule has 0 aromatic heterocycles. The first-order chi connectivity index (χ1) is 30.6. The molecule has 2 atom stereocenters. The largest absolute Gasteiger partial charge is 0.545 e. The molecular weight excluding hydrogens is 791 g/mol. The monoisotopic (exact) mass is 888 g/mol. The molecule has 0 aliphatic rings. The van der Waals surface area contributed by atoms with E-state index in [1.165, 1.54) is 103 Å². The average molecular weight is 888 g/mol. The van der Waals surface area contributed by atoms with Crippen LogP contribution >= 0.6 is 0 Å². The molecule has 0 N–H and O–H groups in total. The minimum atomic E-state index is -1.62. The van der Waals surface area contributed by atoms with Crippen LogP contribution in [0.3, 0.4) is 0 Å². The van der Waals surface area contributed by atoms with Crippen molar-refractivity contribution in [3.63, 3.8) is 0 Å². The molecule has 0 aromatic carbocycles. The van der Waals surface area contributed by atoms with Gasteiger partial charge >= 0.3 is 11.9 Å². The summed E-state index contributed by atoms with van der Waals surface area (Å²) < 4.78 is 22.6. The third kappa shape index (κ3) is 47.0. The topological polar surface area (TPSA) is 111 Å². The van der Waals surface area contributed by atoms with Gasteiger partial charge in [-0.05, 0) is 51.4 Å². The maximum Gasteiger partial charge on any atom is 0.306 e. The van der Waals surface area contributed by atoms with Gasteiger partial charge in [0.2, 0.25) is 0 Å². The van der Waals surface area contributed by atoms with E-state index in [0.717, 1.165) is 83.5 Å². The normalized spacial score (nSPS) is 13.2. The van der Waals surface area contributed by atoms with Crippen LogP contribution in [0, 0.1) is 0 Å². The second-order valence-electron chi connectivity index (χ2n) is 18.4. The molecule has 0 spiro atoms. The van der Waals surface area contributed by atoms with Crippen molar-refractivity contribution in [2.24, 2.45) is 0 Å². The summed E-state index contributed by atoms with van der Waals surface area (Å²) in [6.45, 7) is 4.63. The van der Waals surface area contributed by atoms with Crippen LogP contribution in [0.15, 0.2) is 48.6 Å². The van der Waals surface area contributed by atoms with Gasteiger partial charge < -0.3 is 33.3 Å². The minimum Gasteiger partial charge on any atom is -0.545 e. The number of carboxylic acids is 1. The zero-order chi connectivity index (χ0) is 46.3. The molecule has 0 heterocycles. The first-order valence-electron chi connectivity index (χ1n) is 25.8. The third-order valence-corrected chi connectivity index (χ3v) is 11.1. The Bertz CT molecular complexity index is 1170. The predicted molar refractivity (Wildman–Crippen MR) is 260 cm³/mol. The number of carboxylic acid groups (broad SMARTS) is 1. The van der Waals surface area contributed by atoms with Gasteiger partial charge in [0.05, 0.1) is 40.3 Å². The number of aliphatic carboxylic acids is 1. The number of carbonyl (C=O) groups is 3. The van der Waals surface area contributed by atoms with Crippen molar-refractivity contribution in [1.29, 1.82) is 0 Å². The third-order valence-electron chi connectivity index (χ3n) is 11.1. The van der Waals surface area contributed by atoms with Crippen molar-refractivity contribution in [3.05, 3.63) is 48.6 Å². The number of hydrogen-bond acceptors (Lipinski definition) is 8. The van der Waals surface area contributed by atoms with E-state index in [1.807, 2.05) is 21.1 Å². The molecule has 0 rings (SSSR count). The molecular formula is C54H97NO8. The fourth-order valence-electron chi connectivity index (χ4n) is 7.12. The van der Waals surface area contributed by atoms with Crippen molar-refractivity contribution < 1.29 is 42.9 Å². The lowest BCUT2D eigenvalue weighted by molar-refractivity contribution is -0.870. The second-order valence-corrected chi connectivity index (χ2v) is 18.4. The number of quaternary nitrogens is 1. The van der Waals surface area contributed by atoms with Gasteiger partial charge in [-0.1, -0.05) is 204 Å². The SMILES string of the molecule is CC/C=C\C/C=C\C/C=C\C/C=C\CCCCCCCCC(=O)OC(COC(=O)CCCCCCCCCCCCCCCCCCCCC)COC(OCC[N+](C)(C)C)C(=O)[O-]. The first kappa shape index (κ1) is 60.2. The van der Waals surface area contributed by atoms with Gasteiger partial charge in [-0.2, -0.15) is 0 Å². The highest BCUT2D eigenvalue weighted by molar-refractivity contribution is 5.70. The van der Waals surface area contributed by atoms with Crippen molar-refractivity contribution in [1.82, 2.24) is 0 Å². The number of esters is 2. The molecule has 0 amide bonds. The Hall–Kier alpha value is -2.75. The van der Waals surface area contributed by atoms with Crippen LogP contribution in [-0.2, 0) is 33.3 Å². The standard InChI is InChI=1S/C54H97NO8/c1-6-8-10-12-14-16-18-20-22-24-26-28-30-32-34-36-38-40-42-44-51(56)61-48-50(49-62-54(53(58)59)60-47-46-55(3,4)5)63-52(57)45-43-41-39-37-35-33-31-29-27-25-23-21-19-17-15-13-11-9-7-2/h9,11,15,17,21,23,27,29,50,54H,6-8,10,12-14,16,18-20,22,24-26,28,30-49H2,1-5H3/b11-9-,17-15-,23-21-,29-27-. The number of carbonyl (C=O) groups excluding carboxylic acids is 3. The highest BCUT2D eigenvalue weighted by Crippen LogP contribution is 2.16. The van der Waals surface area contributed by atoms with E-state index in [-0.39, 0.29) is 32.2 Å². The van der Waals surface area contributed by atoms with Crippen LogP contribution in [-0.4, -0.2) is 82.3 Å². The van der Waals surface area contributed by atoms with Crippen LogP contribution in [0.1, 0.15) is 219 Å². The molecule has 0 bridgehead atoms. The lowest BCUT2D eigenvalue weighted by Gasteiger charge is -2.26. The first-order valence-corrected chi connectivity index (χ1v) is 25.8. The van der Waals surface area contributed by atoms with E-state index >= 15 is 0 Å². The van der Waals surface area contributed by atoms with Gasteiger partial charge in [-0.25, -0.2) is 0 Å².